The largest absolute Gasteiger partial charge is 0.346 e. The van der Waals surface area contributed by atoms with E-state index in [0.29, 0.717) is 17.3 Å². The molecule has 1 aliphatic rings. The third-order valence-corrected chi connectivity index (χ3v) is 4.95. The Morgan fingerprint density at radius 3 is 2.88 bits per heavy atom. The van der Waals surface area contributed by atoms with Gasteiger partial charge in [-0.2, -0.15) is 0 Å². The zero-order valence-electron chi connectivity index (χ0n) is 12.5. The number of hydrogen-bond acceptors (Lipinski definition) is 4. The molecule has 122 valence electrons. The van der Waals surface area contributed by atoms with Crippen LogP contribution in [0.15, 0.2) is 42.0 Å². The molecule has 0 bridgehead atoms. The maximum absolute atomic E-state index is 12.3. The van der Waals surface area contributed by atoms with Gasteiger partial charge in [0.15, 0.2) is 4.96 Å². The first-order valence-corrected chi connectivity index (χ1v) is 8.65. The summed E-state index contributed by atoms with van der Waals surface area (Å²) >= 11 is 7.34. The molecule has 6 nitrogen and oxygen atoms in total. The quantitative estimate of drug-likeness (QED) is 0.780. The van der Waals surface area contributed by atoms with E-state index in [-0.39, 0.29) is 24.3 Å². The van der Waals surface area contributed by atoms with Crippen LogP contribution in [0.2, 0.25) is 5.02 Å². The number of aromatic nitrogens is 2. The zero-order valence-corrected chi connectivity index (χ0v) is 14.0. The van der Waals surface area contributed by atoms with E-state index in [2.05, 4.69) is 10.3 Å². The second kappa shape index (κ2) is 5.92. The van der Waals surface area contributed by atoms with Crippen LogP contribution in [0.4, 0.5) is 5.69 Å². The lowest BCUT2D eigenvalue weighted by Crippen LogP contribution is -2.37. The number of nitrogens with one attached hydrogen (secondary N) is 1. The molecule has 2 aromatic heterocycles. The fraction of sp³-hybridized carbons (Fsp3) is 0.188. The number of carbonyl (C=O) groups is 2. The van der Waals surface area contributed by atoms with E-state index in [0.717, 1.165) is 10.6 Å². The molecule has 0 aliphatic carbocycles. The van der Waals surface area contributed by atoms with Crippen LogP contribution in [0.25, 0.3) is 4.96 Å². The molecule has 1 aliphatic heterocycles. The summed E-state index contributed by atoms with van der Waals surface area (Å²) < 4.78 is 1.80. The number of carbonyl (C=O) groups excluding carboxylic acids is 2. The molecule has 0 spiro atoms. The predicted molar refractivity (Wildman–Crippen MR) is 92.7 cm³/mol. The summed E-state index contributed by atoms with van der Waals surface area (Å²) in [6.45, 7) is 0.439. The Morgan fingerprint density at radius 2 is 2.12 bits per heavy atom. The van der Waals surface area contributed by atoms with Gasteiger partial charge < -0.3 is 10.2 Å². The molecule has 2 amide bonds. The summed E-state index contributed by atoms with van der Waals surface area (Å²) in [5, 5.41) is 5.42. The second-order valence-corrected chi connectivity index (χ2v) is 6.88. The van der Waals surface area contributed by atoms with Crippen LogP contribution in [0.1, 0.15) is 16.9 Å². The molecule has 4 rings (SSSR count). The molecule has 1 aromatic carbocycles. The van der Waals surface area contributed by atoms with Gasteiger partial charge in [0, 0.05) is 41.4 Å². The number of imidazole rings is 1. The predicted octanol–water partition coefficient (Wildman–Crippen LogP) is 2.58. The topological polar surface area (TPSA) is 66.7 Å². The number of amides is 2. The van der Waals surface area contributed by atoms with E-state index in [9.17, 15) is 9.59 Å². The molecular formula is C16H13ClN4O2S. The molecule has 0 saturated carbocycles. The summed E-state index contributed by atoms with van der Waals surface area (Å²) in [6.07, 6.45) is 3.82. The standard InChI is InChI=1S/C16H13ClN4O2S/c17-10-1-3-12(4-2-10)21-8-11(7-14(21)22)18-15(23)13-9-20-5-6-24-16(20)19-13/h1-6,9,11H,7-8H2,(H,18,23)/t11-/m0/s1. The summed E-state index contributed by atoms with van der Waals surface area (Å²) in [4.78, 5) is 31.2. The van der Waals surface area contributed by atoms with Crippen molar-refractivity contribution >= 4 is 45.4 Å². The van der Waals surface area contributed by atoms with E-state index in [1.54, 1.807) is 39.8 Å². The van der Waals surface area contributed by atoms with Crippen LogP contribution in [-0.2, 0) is 4.79 Å². The first-order valence-electron chi connectivity index (χ1n) is 7.39. The highest BCUT2D eigenvalue weighted by Gasteiger charge is 2.32. The highest BCUT2D eigenvalue weighted by molar-refractivity contribution is 7.15. The average Bonchev–Trinajstić information content (AvgIpc) is 3.22. The summed E-state index contributed by atoms with van der Waals surface area (Å²) in [6, 6.07) is 6.85. The number of halogens is 1. The number of hydrogen-bond donors (Lipinski definition) is 1. The van der Waals surface area contributed by atoms with Gasteiger partial charge in [-0.15, -0.1) is 11.3 Å². The monoisotopic (exact) mass is 360 g/mol. The van der Waals surface area contributed by atoms with Gasteiger partial charge in [0.2, 0.25) is 5.91 Å². The van der Waals surface area contributed by atoms with Crippen molar-refractivity contribution in [3.8, 4) is 0 Å². The maximum atomic E-state index is 12.3. The first kappa shape index (κ1) is 15.2. The van der Waals surface area contributed by atoms with Crippen molar-refractivity contribution < 1.29 is 9.59 Å². The van der Waals surface area contributed by atoms with Crippen molar-refractivity contribution in [3.63, 3.8) is 0 Å². The Kier molecular flexibility index (Phi) is 3.74. The molecular weight excluding hydrogens is 348 g/mol. The van der Waals surface area contributed by atoms with E-state index in [4.69, 9.17) is 11.6 Å². The summed E-state index contributed by atoms with van der Waals surface area (Å²) in [7, 11) is 0. The highest BCUT2D eigenvalue weighted by atomic mass is 35.5. The zero-order chi connectivity index (χ0) is 16.7. The minimum absolute atomic E-state index is 0.0200. The first-order chi connectivity index (χ1) is 11.6. The van der Waals surface area contributed by atoms with Gasteiger partial charge in [-0.25, -0.2) is 4.98 Å². The Bertz CT molecular complexity index is 889. The van der Waals surface area contributed by atoms with Crippen LogP contribution >= 0.6 is 22.9 Å². The van der Waals surface area contributed by atoms with Gasteiger partial charge in [0.1, 0.15) is 5.69 Å². The van der Waals surface area contributed by atoms with E-state index >= 15 is 0 Å². The number of thiazole rings is 1. The van der Waals surface area contributed by atoms with Gasteiger partial charge in [0.05, 0.1) is 6.04 Å². The average molecular weight is 361 g/mol. The number of rotatable bonds is 3. The molecule has 1 saturated heterocycles. The van der Waals surface area contributed by atoms with Crippen LogP contribution in [0, 0.1) is 0 Å². The van der Waals surface area contributed by atoms with E-state index in [1.807, 2.05) is 11.6 Å². The summed E-state index contributed by atoms with van der Waals surface area (Å²) in [5.74, 6) is -0.282. The number of nitrogens with zero attached hydrogens (tertiary/aromatic N) is 3. The van der Waals surface area contributed by atoms with Gasteiger partial charge in [-0.1, -0.05) is 11.6 Å². The van der Waals surface area contributed by atoms with Crippen molar-refractivity contribution in [1.29, 1.82) is 0 Å². The normalized spacial score (nSPS) is 17.6. The smallest absolute Gasteiger partial charge is 0.271 e. The SMILES string of the molecule is O=C(N[C@H]1CC(=O)N(c2ccc(Cl)cc2)C1)c1cn2ccsc2n1. The second-order valence-electron chi connectivity index (χ2n) is 5.57. The van der Waals surface area contributed by atoms with Gasteiger partial charge in [-0.05, 0) is 24.3 Å². The van der Waals surface area contributed by atoms with Gasteiger partial charge >= 0.3 is 0 Å². The van der Waals surface area contributed by atoms with Crippen molar-refractivity contribution in [1.82, 2.24) is 14.7 Å². The Morgan fingerprint density at radius 1 is 1.33 bits per heavy atom. The van der Waals surface area contributed by atoms with Crippen molar-refractivity contribution in [3.05, 3.63) is 52.8 Å². The van der Waals surface area contributed by atoms with Crippen LogP contribution < -0.4 is 10.2 Å². The molecule has 1 fully saturated rings. The lowest BCUT2D eigenvalue weighted by molar-refractivity contribution is -0.117. The number of benzene rings is 1. The highest BCUT2D eigenvalue weighted by Crippen LogP contribution is 2.23. The van der Waals surface area contributed by atoms with Crippen molar-refractivity contribution in [2.75, 3.05) is 11.4 Å². The Balaban J connectivity index is 1.45. The molecule has 0 radical (unpaired) electrons. The summed E-state index contributed by atoms with van der Waals surface area (Å²) in [5.41, 5.74) is 1.14. The van der Waals surface area contributed by atoms with Gasteiger partial charge in [-0.3, -0.25) is 14.0 Å². The minimum atomic E-state index is -0.262. The van der Waals surface area contributed by atoms with E-state index < -0.39 is 0 Å². The molecule has 1 atom stereocenters. The fourth-order valence-corrected chi connectivity index (χ4v) is 3.60. The van der Waals surface area contributed by atoms with Gasteiger partial charge in [0.25, 0.3) is 5.91 Å². The molecule has 24 heavy (non-hydrogen) atoms. The molecule has 1 N–H and O–H groups in total. The molecule has 3 aromatic rings. The molecule has 0 unspecified atom stereocenters. The maximum Gasteiger partial charge on any atom is 0.271 e. The molecule has 3 heterocycles. The third kappa shape index (κ3) is 2.76. The number of anilines is 1. The van der Waals surface area contributed by atoms with Crippen LogP contribution in [-0.4, -0.2) is 33.8 Å². The van der Waals surface area contributed by atoms with Crippen LogP contribution in [0.5, 0.6) is 0 Å². The van der Waals surface area contributed by atoms with E-state index in [1.165, 1.54) is 11.3 Å². The molecule has 8 heteroatoms. The fourth-order valence-electron chi connectivity index (χ4n) is 2.77. The lowest BCUT2D eigenvalue weighted by atomic mass is 10.2. The third-order valence-electron chi connectivity index (χ3n) is 3.92. The minimum Gasteiger partial charge on any atom is -0.346 e. The Hall–Kier alpha value is -2.38. The Labute approximate surface area is 146 Å². The van der Waals surface area contributed by atoms with Crippen LogP contribution in [0.3, 0.4) is 0 Å². The van der Waals surface area contributed by atoms with Crippen molar-refractivity contribution in [2.24, 2.45) is 0 Å². The van der Waals surface area contributed by atoms with Crippen molar-refractivity contribution in [2.45, 2.75) is 12.5 Å². The number of fused-ring (bicyclic) bond motifs is 1. The lowest BCUT2D eigenvalue weighted by Gasteiger charge is -2.17.